The van der Waals surface area contributed by atoms with E-state index in [4.69, 9.17) is 4.74 Å². The van der Waals surface area contributed by atoms with Crippen LogP contribution in [0, 0.1) is 6.92 Å². The Balaban J connectivity index is 1.51. The molecule has 1 fully saturated rings. The SMILES string of the molecule is Cc1cccc(N2CCN(C(=O)COc3cccc(C(C)(C)C)c3)CC2)c1. The van der Waals surface area contributed by atoms with E-state index < -0.39 is 0 Å². The van der Waals surface area contributed by atoms with Crippen molar-refractivity contribution >= 4 is 11.6 Å². The van der Waals surface area contributed by atoms with Gasteiger partial charge in [-0.15, -0.1) is 0 Å². The summed E-state index contributed by atoms with van der Waals surface area (Å²) in [6.45, 7) is 11.9. The number of rotatable bonds is 4. The van der Waals surface area contributed by atoms with Gasteiger partial charge in [-0.05, 0) is 47.7 Å². The molecule has 2 aromatic carbocycles. The van der Waals surface area contributed by atoms with Crippen LogP contribution in [-0.2, 0) is 10.2 Å². The third-order valence-corrected chi connectivity index (χ3v) is 5.06. The fourth-order valence-electron chi connectivity index (χ4n) is 3.33. The molecule has 1 aliphatic rings. The lowest BCUT2D eigenvalue weighted by Gasteiger charge is -2.36. The van der Waals surface area contributed by atoms with Crippen molar-refractivity contribution in [2.45, 2.75) is 33.1 Å². The third-order valence-electron chi connectivity index (χ3n) is 5.06. The van der Waals surface area contributed by atoms with Crippen LogP contribution in [0.4, 0.5) is 5.69 Å². The van der Waals surface area contributed by atoms with Crippen LogP contribution in [-0.4, -0.2) is 43.6 Å². The first-order valence-corrected chi connectivity index (χ1v) is 9.66. The molecule has 0 atom stereocenters. The molecule has 0 spiro atoms. The van der Waals surface area contributed by atoms with Crippen molar-refractivity contribution in [3.63, 3.8) is 0 Å². The highest BCUT2D eigenvalue weighted by molar-refractivity contribution is 5.78. The molecule has 1 amide bonds. The summed E-state index contributed by atoms with van der Waals surface area (Å²) in [6.07, 6.45) is 0. The number of anilines is 1. The molecule has 27 heavy (non-hydrogen) atoms. The highest BCUT2D eigenvalue weighted by atomic mass is 16.5. The van der Waals surface area contributed by atoms with Crippen LogP contribution >= 0.6 is 0 Å². The topological polar surface area (TPSA) is 32.8 Å². The summed E-state index contributed by atoms with van der Waals surface area (Å²) in [7, 11) is 0. The minimum Gasteiger partial charge on any atom is -0.484 e. The van der Waals surface area contributed by atoms with Gasteiger partial charge in [0.25, 0.3) is 5.91 Å². The molecule has 4 heteroatoms. The minimum absolute atomic E-state index is 0.0556. The molecule has 1 heterocycles. The quantitative estimate of drug-likeness (QED) is 0.819. The van der Waals surface area contributed by atoms with Crippen LogP contribution in [0.2, 0.25) is 0 Å². The summed E-state index contributed by atoms with van der Waals surface area (Å²) >= 11 is 0. The Labute approximate surface area is 162 Å². The van der Waals surface area contributed by atoms with E-state index in [1.807, 2.05) is 23.1 Å². The maximum atomic E-state index is 12.5. The van der Waals surface area contributed by atoms with Gasteiger partial charge in [-0.2, -0.15) is 0 Å². The number of hydrogen-bond donors (Lipinski definition) is 0. The molecule has 0 unspecified atom stereocenters. The van der Waals surface area contributed by atoms with Crippen molar-refractivity contribution in [1.29, 1.82) is 0 Å². The molecule has 0 radical (unpaired) electrons. The molecule has 0 N–H and O–H groups in total. The van der Waals surface area contributed by atoms with E-state index in [-0.39, 0.29) is 17.9 Å². The van der Waals surface area contributed by atoms with E-state index in [0.29, 0.717) is 0 Å². The fourth-order valence-corrected chi connectivity index (χ4v) is 3.33. The maximum absolute atomic E-state index is 12.5. The van der Waals surface area contributed by atoms with Crippen molar-refractivity contribution in [2.75, 3.05) is 37.7 Å². The first-order chi connectivity index (χ1) is 12.8. The van der Waals surface area contributed by atoms with Crippen LogP contribution in [0.25, 0.3) is 0 Å². The lowest BCUT2D eigenvalue weighted by atomic mass is 9.87. The summed E-state index contributed by atoms with van der Waals surface area (Å²) < 4.78 is 5.78. The van der Waals surface area contributed by atoms with Gasteiger partial charge in [-0.3, -0.25) is 4.79 Å². The zero-order chi connectivity index (χ0) is 19.4. The van der Waals surface area contributed by atoms with Crippen molar-refractivity contribution < 1.29 is 9.53 Å². The summed E-state index contributed by atoms with van der Waals surface area (Å²) in [5, 5.41) is 0. The van der Waals surface area contributed by atoms with Gasteiger partial charge in [0.05, 0.1) is 0 Å². The Bertz CT molecular complexity index is 787. The molecule has 4 nitrogen and oxygen atoms in total. The largest absolute Gasteiger partial charge is 0.484 e. The number of nitrogens with zero attached hydrogens (tertiary/aromatic N) is 2. The summed E-state index contributed by atoms with van der Waals surface area (Å²) in [5.74, 6) is 0.814. The van der Waals surface area contributed by atoms with Gasteiger partial charge < -0.3 is 14.5 Å². The highest BCUT2D eigenvalue weighted by Gasteiger charge is 2.22. The Hall–Kier alpha value is -2.49. The molecule has 2 aromatic rings. The predicted molar refractivity (Wildman–Crippen MR) is 111 cm³/mol. The van der Waals surface area contributed by atoms with Crippen molar-refractivity contribution in [1.82, 2.24) is 4.90 Å². The fraction of sp³-hybridized carbons (Fsp3) is 0.435. The summed E-state index contributed by atoms with van der Waals surface area (Å²) in [5.41, 5.74) is 3.77. The molecular formula is C23H30N2O2. The van der Waals surface area contributed by atoms with Gasteiger partial charge in [0.15, 0.2) is 6.61 Å². The van der Waals surface area contributed by atoms with Crippen LogP contribution in [0.1, 0.15) is 31.9 Å². The van der Waals surface area contributed by atoms with Crippen LogP contribution in [0.15, 0.2) is 48.5 Å². The van der Waals surface area contributed by atoms with Gasteiger partial charge in [-0.25, -0.2) is 0 Å². The second-order valence-corrected chi connectivity index (χ2v) is 8.27. The number of benzene rings is 2. The molecule has 0 aliphatic carbocycles. The second kappa shape index (κ2) is 8.03. The van der Waals surface area contributed by atoms with E-state index in [9.17, 15) is 4.79 Å². The molecule has 1 saturated heterocycles. The standard InChI is InChI=1S/C23H30N2O2/c1-18-7-5-9-20(15-18)24-11-13-25(14-12-24)22(26)17-27-21-10-6-8-19(16-21)23(2,3)4/h5-10,15-16H,11-14,17H2,1-4H3. The number of piperazine rings is 1. The van der Waals surface area contributed by atoms with Gasteiger partial charge in [-0.1, -0.05) is 45.0 Å². The normalized spacial score (nSPS) is 15.0. The van der Waals surface area contributed by atoms with Crippen LogP contribution in [0.5, 0.6) is 5.75 Å². The first-order valence-electron chi connectivity index (χ1n) is 9.66. The van der Waals surface area contributed by atoms with Crippen molar-refractivity contribution in [3.05, 3.63) is 59.7 Å². The minimum atomic E-state index is 0.0556. The highest BCUT2D eigenvalue weighted by Crippen LogP contribution is 2.25. The Morgan fingerprint density at radius 2 is 1.70 bits per heavy atom. The molecule has 0 bridgehead atoms. The number of ether oxygens (including phenoxy) is 1. The Morgan fingerprint density at radius 1 is 1.00 bits per heavy atom. The van der Waals surface area contributed by atoms with Gasteiger partial charge in [0.2, 0.25) is 0 Å². The van der Waals surface area contributed by atoms with Gasteiger partial charge in [0.1, 0.15) is 5.75 Å². The zero-order valence-electron chi connectivity index (χ0n) is 16.9. The van der Waals surface area contributed by atoms with E-state index in [2.05, 4.69) is 62.9 Å². The average molecular weight is 367 g/mol. The number of hydrogen-bond acceptors (Lipinski definition) is 3. The second-order valence-electron chi connectivity index (χ2n) is 8.27. The van der Waals surface area contributed by atoms with E-state index >= 15 is 0 Å². The maximum Gasteiger partial charge on any atom is 0.260 e. The number of carbonyl (C=O) groups excluding carboxylic acids is 1. The Morgan fingerprint density at radius 3 is 2.37 bits per heavy atom. The zero-order valence-corrected chi connectivity index (χ0v) is 16.9. The molecule has 1 aliphatic heterocycles. The third kappa shape index (κ3) is 5.03. The number of carbonyl (C=O) groups is 1. The monoisotopic (exact) mass is 366 g/mol. The molecular weight excluding hydrogens is 336 g/mol. The predicted octanol–water partition coefficient (Wildman–Crippen LogP) is 4.02. The molecule has 144 valence electrons. The first kappa shape index (κ1) is 19.3. The van der Waals surface area contributed by atoms with Gasteiger partial charge in [0, 0.05) is 31.9 Å². The molecule has 0 aromatic heterocycles. The summed E-state index contributed by atoms with van der Waals surface area (Å²) in [6, 6.07) is 16.6. The number of amides is 1. The lowest BCUT2D eigenvalue weighted by Crippen LogP contribution is -2.50. The van der Waals surface area contributed by atoms with E-state index in [1.54, 1.807) is 0 Å². The van der Waals surface area contributed by atoms with Gasteiger partial charge >= 0.3 is 0 Å². The van der Waals surface area contributed by atoms with E-state index in [1.165, 1.54) is 16.8 Å². The van der Waals surface area contributed by atoms with Crippen LogP contribution < -0.4 is 9.64 Å². The number of aryl methyl sites for hydroxylation is 1. The van der Waals surface area contributed by atoms with E-state index in [0.717, 1.165) is 31.9 Å². The van der Waals surface area contributed by atoms with Crippen LogP contribution in [0.3, 0.4) is 0 Å². The summed E-state index contributed by atoms with van der Waals surface area (Å²) in [4.78, 5) is 16.8. The average Bonchev–Trinajstić information content (AvgIpc) is 2.66. The Kier molecular flexibility index (Phi) is 5.73. The van der Waals surface area contributed by atoms with Crippen molar-refractivity contribution in [2.24, 2.45) is 0 Å². The smallest absolute Gasteiger partial charge is 0.260 e. The van der Waals surface area contributed by atoms with Crippen molar-refractivity contribution in [3.8, 4) is 5.75 Å². The molecule has 0 saturated carbocycles. The molecule has 3 rings (SSSR count). The lowest BCUT2D eigenvalue weighted by molar-refractivity contribution is -0.133.